The van der Waals surface area contributed by atoms with Gasteiger partial charge in [0.05, 0.1) is 15.4 Å². The summed E-state index contributed by atoms with van der Waals surface area (Å²) < 4.78 is 6.89. The number of hydrogen-bond acceptors (Lipinski definition) is 3. The molecule has 1 aliphatic carbocycles. The lowest BCUT2D eigenvalue weighted by atomic mass is 9.84. The summed E-state index contributed by atoms with van der Waals surface area (Å²) in [5.74, 6) is 0.824. The number of alkyl halides is 1. The van der Waals surface area contributed by atoms with Crippen LogP contribution in [0.2, 0.25) is 0 Å². The van der Waals surface area contributed by atoms with E-state index in [-0.39, 0.29) is 10.6 Å². The van der Waals surface area contributed by atoms with E-state index < -0.39 is 11.7 Å². The Morgan fingerprint density at radius 1 is 1.40 bits per heavy atom. The van der Waals surface area contributed by atoms with Crippen LogP contribution in [0.25, 0.3) is 0 Å². The summed E-state index contributed by atoms with van der Waals surface area (Å²) >= 11 is 7.08. The zero-order valence-electron chi connectivity index (χ0n) is 11.4. The third-order valence-corrected chi connectivity index (χ3v) is 6.55. The van der Waals surface area contributed by atoms with E-state index in [0.717, 1.165) is 28.4 Å². The standard InChI is InChI=1S/C15H16Br2O3/c1-15(2)14(17)12(19)9-6-8-7(4-3-5-10(8)18)11(16)13(9)20-15/h6,12,14,19H,3-5H2,1-2H3/t12-,14+/m1/s1. The molecule has 2 aliphatic rings. The minimum absolute atomic E-state index is 0.151. The molecule has 0 spiro atoms. The average Bonchev–Trinajstić information content (AvgIpc) is 2.39. The van der Waals surface area contributed by atoms with E-state index in [9.17, 15) is 9.90 Å². The average molecular weight is 404 g/mol. The summed E-state index contributed by atoms with van der Waals surface area (Å²) in [4.78, 5) is 11.9. The molecule has 1 aromatic carbocycles. The Kier molecular flexibility index (Phi) is 3.50. The van der Waals surface area contributed by atoms with E-state index in [0.29, 0.717) is 17.7 Å². The monoisotopic (exact) mass is 402 g/mol. The molecular weight excluding hydrogens is 388 g/mol. The van der Waals surface area contributed by atoms with Crippen molar-refractivity contribution in [2.24, 2.45) is 0 Å². The number of carbonyl (C=O) groups is 1. The molecule has 0 saturated heterocycles. The molecule has 3 nitrogen and oxygen atoms in total. The molecule has 0 fully saturated rings. The van der Waals surface area contributed by atoms with Gasteiger partial charge in [0, 0.05) is 17.5 Å². The van der Waals surface area contributed by atoms with Gasteiger partial charge in [-0.3, -0.25) is 4.79 Å². The van der Waals surface area contributed by atoms with Crippen LogP contribution in [0.5, 0.6) is 5.75 Å². The Morgan fingerprint density at radius 2 is 2.10 bits per heavy atom. The number of Topliss-reactive ketones (excluding diaryl/α,β-unsaturated/α-hetero) is 1. The van der Waals surface area contributed by atoms with E-state index >= 15 is 0 Å². The lowest BCUT2D eigenvalue weighted by Crippen LogP contribution is -2.45. The van der Waals surface area contributed by atoms with Crippen molar-refractivity contribution in [3.8, 4) is 5.75 Å². The van der Waals surface area contributed by atoms with Gasteiger partial charge in [0.2, 0.25) is 0 Å². The van der Waals surface area contributed by atoms with Crippen LogP contribution in [0.15, 0.2) is 10.5 Å². The first-order valence-corrected chi connectivity index (χ1v) is 8.43. The maximum atomic E-state index is 12.1. The largest absolute Gasteiger partial charge is 0.485 e. The van der Waals surface area contributed by atoms with Gasteiger partial charge in [-0.2, -0.15) is 0 Å². The molecule has 108 valence electrons. The van der Waals surface area contributed by atoms with Crippen LogP contribution >= 0.6 is 31.9 Å². The number of benzene rings is 1. The molecule has 1 heterocycles. The van der Waals surface area contributed by atoms with Crippen LogP contribution < -0.4 is 4.74 Å². The minimum Gasteiger partial charge on any atom is -0.485 e. The van der Waals surface area contributed by atoms with Crippen LogP contribution in [0.3, 0.4) is 0 Å². The van der Waals surface area contributed by atoms with Gasteiger partial charge in [0.1, 0.15) is 11.4 Å². The van der Waals surface area contributed by atoms with E-state index in [1.165, 1.54) is 0 Å². The summed E-state index contributed by atoms with van der Waals surface area (Å²) in [5, 5.41) is 10.5. The number of ether oxygens (including phenoxy) is 1. The third kappa shape index (κ3) is 2.06. The Morgan fingerprint density at radius 3 is 2.80 bits per heavy atom. The first-order valence-electron chi connectivity index (χ1n) is 6.72. The van der Waals surface area contributed by atoms with Crippen molar-refractivity contribution in [3.63, 3.8) is 0 Å². The molecular formula is C15H16Br2O3. The van der Waals surface area contributed by atoms with Crippen molar-refractivity contribution in [1.82, 2.24) is 0 Å². The Balaban J connectivity index is 2.22. The van der Waals surface area contributed by atoms with E-state index in [1.54, 1.807) is 0 Å². The van der Waals surface area contributed by atoms with Gasteiger partial charge in [0.25, 0.3) is 0 Å². The highest BCUT2D eigenvalue weighted by atomic mass is 79.9. The van der Waals surface area contributed by atoms with Crippen molar-refractivity contribution < 1.29 is 14.6 Å². The van der Waals surface area contributed by atoms with Crippen LogP contribution in [-0.2, 0) is 6.42 Å². The molecule has 0 radical (unpaired) electrons. The molecule has 1 aromatic rings. The third-order valence-electron chi connectivity index (χ3n) is 4.11. The smallest absolute Gasteiger partial charge is 0.163 e. The van der Waals surface area contributed by atoms with Gasteiger partial charge in [-0.1, -0.05) is 15.9 Å². The normalized spacial score (nSPS) is 27.6. The zero-order valence-corrected chi connectivity index (χ0v) is 14.5. The number of rotatable bonds is 0. The van der Waals surface area contributed by atoms with Gasteiger partial charge in [-0.05, 0) is 54.2 Å². The second-order valence-electron chi connectivity index (χ2n) is 5.96. The Bertz CT molecular complexity index is 595. The van der Waals surface area contributed by atoms with Crippen molar-refractivity contribution in [1.29, 1.82) is 0 Å². The molecule has 2 atom stereocenters. The second-order valence-corrected chi connectivity index (χ2v) is 7.74. The number of aliphatic hydroxyl groups excluding tert-OH is 1. The van der Waals surface area contributed by atoms with Crippen molar-refractivity contribution >= 4 is 37.6 Å². The fraction of sp³-hybridized carbons (Fsp3) is 0.533. The van der Waals surface area contributed by atoms with E-state index in [2.05, 4.69) is 31.9 Å². The second kappa shape index (κ2) is 4.82. The maximum absolute atomic E-state index is 12.1. The molecule has 3 rings (SSSR count). The first-order chi connectivity index (χ1) is 9.33. The number of aliphatic hydroxyl groups is 1. The van der Waals surface area contributed by atoms with Crippen LogP contribution in [0.4, 0.5) is 0 Å². The maximum Gasteiger partial charge on any atom is 0.163 e. The summed E-state index contributed by atoms with van der Waals surface area (Å²) in [6, 6.07) is 1.81. The summed E-state index contributed by atoms with van der Waals surface area (Å²) in [6.45, 7) is 3.88. The van der Waals surface area contributed by atoms with Crippen molar-refractivity contribution in [2.75, 3.05) is 0 Å². The minimum atomic E-state index is -0.690. The van der Waals surface area contributed by atoms with Crippen LogP contribution in [0.1, 0.15) is 54.3 Å². The lowest BCUT2D eigenvalue weighted by molar-refractivity contribution is 0.0216. The zero-order chi connectivity index (χ0) is 14.7. The number of fused-ring (bicyclic) bond motifs is 2. The van der Waals surface area contributed by atoms with E-state index in [1.807, 2.05) is 19.9 Å². The molecule has 0 bridgehead atoms. The summed E-state index contributed by atoms with van der Waals surface area (Å²) in [7, 11) is 0. The topological polar surface area (TPSA) is 46.5 Å². The molecule has 5 heteroatoms. The fourth-order valence-corrected chi connectivity index (χ4v) is 4.02. The van der Waals surface area contributed by atoms with Gasteiger partial charge in [-0.15, -0.1) is 0 Å². The SMILES string of the molecule is CC1(C)Oc2c(cc3c(c2Br)CCCC3=O)[C@@H](O)[C@@H]1Br. The number of hydrogen-bond donors (Lipinski definition) is 1. The summed E-state index contributed by atoms with van der Waals surface area (Å²) in [5.41, 5.74) is 1.91. The molecule has 1 aliphatic heterocycles. The van der Waals surface area contributed by atoms with Gasteiger partial charge >= 0.3 is 0 Å². The van der Waals surface area contributed by atoms with Gasteiger partial charge < -0.3 is 9.84 Å². The molecule has 0 amide bonds. The molecule has 20 heavy (non-hydrogen) atoms. The molecule has 1 N–H and O–H groups in total. The van der Waals surface area contributed by atoms with Crippen molar-refractivity contribution in [2.45, 2.75) is 49.6 Å². The predicted molar refractivity (Wildman–Crippen MR) is 83.8 cm³/mol. The molecule has 0 aromatic heterocycles. The number of carbonyl (C=O) groups excluding carboxylic acids is 1. The Labute approximate surface area is 135 Å². The fourth-order valence-electron chi connectivity index (χ4n) is 2.92. The first kappa shape index (κ1) is 14.5. The van der Waals surface area contributed by atoms with Crippen molar-refractivity contribution in [3.05, 3.63) is 27.2 Å². The highest BCUT2D eigenvalue weighted by molar-refractivity contribution is 9.10. The van der Waals surface area contributed by atoms with Crippen LogP contribution in [0, 0.1) is 0 Å². The quantitative estimate of drug-likeness (QED) is 0.667. The van der Waals surface area contributed by atoms with Gasteiger partial charge in [0.15, 0.2) is 5.78 Å². The highest BCUT2D eigenvalue weighted by Crippen LogP contribution is 2.49. The molecule has 0 unspecified atom stereocenters. The number of halogens is 2. The number of ketones is 1. The van der Waals surface area contributed by atoms with E-state index in [4.69, 9.17) is 4.74 Å². The van der Waals surface area contributed by atoms with Crippen LogP contribution in [-0.4, -0.2) is 21.3 Å². The van der Waals surface area contributed by atoms with Gasteiger partial charge in [-0.25, -0.2) is 0 Å². The molecule has 0 saturated carbocycles. The Hall–Kier alpha value is -0.390. The predicted octanol–water partition coefficient (Wildman–Crippen LogP) is 3.94. The highest BCUT2D eigenvalue weighted by Gasteiger charge is 2.43. The lowest BCUT2D eigenvalue weighted by Gasteiger charge is -2.41. The summed E-state index contributed by atoms with van der Waals surface area (Å²) in [6.07, 6.45) is 1.63.